The fourth-order valence-corrected chi connectivity index (χ4v) is 1.67. The molecule has 0 spiro atoms. The van der Waals surface area contributed by atoms with Crippen LogP contribution >= 0.6 is 0 Å². The van der Waals surface area contributed by atoms with Gasteiger partial charge in [0.15, 0.2) is 0 Å². The van der Waals surface area contributed by atoms with E-state index in [1.165, 1.54) is 0 Å². The van der Waals surface area contributed by atoms with Gasteiger partial charge in [-0.15, -0.1) is 0 Å². The van der Waals surface area contributed by atoms with Crippen LogP contribution in [0.1, 0.15) is 18.3 Å². The lowest BCUT2D eigenvalue weighted by molar-refractivity contribution is 0.734. The van der Waals surface area contributed by atoms with Crippen molar-refractivity contribution in [2.24, 2.45) is 5.73 Å². The van der Waals surface area contributed by atoms with Crippen molar-refractivity contribution in [2.75, 3.05) is 0 Å². The lowest BCUT2D eigenvalue weighted by Crippen LogP contribution is -2.17. The second-order valence-corrected chi connectivity index (χ2v) is 4.05. The van der Waals surface area contributed by atoms with Crippen LogP contribution in [0.25, 0.3) is 5.82 Å². The molecule has 2 aromatic rings. The summed E-state index contributed by atoms with van der Waals surface area (Å²) in [6.07, 6.45) is 6.41. The van der Waals surface area contributed by atoms with E-state index in [0.29, 0.717) is 0 Å². The first kappa shape index (κ1) is 10.8. The van der Waals surface area contributed by atoms with Crippen LogP contribution < -0.4 is 5.73 Å². The van der Waals surface area contributed by atoms with Crippen molar-refractivity contribution < 1.29 is 0 Å². The number of hydrogen-bond donors (Lipinski definition) is 1. The Kier molecular flexibility index (Phi) is 3.01. The summed E-state index contributed by atoms with van der Waals surface area (Å²) in [5.74, 6) is 1.83. The Morgan fingerprint density at radius 3 is 2.69 bits per heavy atom. The summed E-state index contributed by atoms with van der Waals surface area (Å²) in [6.45, 7) is 3.95. The highest BCUT2D eigenvalue weighted by Crippen LogP contribution is 2.09. The number of pyridine rings is 1. The third kappa shape index (κ3) is 2.28. The van der Waals surface area contributed by atoms with Gasteiger partial charge in [-0.2, -0.15) is 0 Å². The van der Waals surface area contributed by atoms with E-state index in [-0.39, 0.29) is 6.04 Å². The van der Waals surface area contributed by atoms with Crippen LogP contribution in [0.15, 0.2) is 30.7 Å². The topological polar surface area (TPSA) is 56.7 Å². The van der Waals surface area contributed by atoms with Gasteiger partial charge in [0, 0.05) is 24.6 Å². The Morgan fingerprint density at radius 1 is 1.38 bits per heavy atom. The van der Waals surface area contributed by atoms with Gasteiger partial charge in [0.25, 0.3) is 0 Å². The molecule has 2 aromatic heterocycles. The number of rotatable bonds is 3. The van der Waals surface area contributed by atoms with Gasteiger partial charge in [0.2, 0.25) is 0 Å². The molecule has 1 unspecified atom stereocenters. The molecule has 0 aliphatic carbocycles. The average molecular weight is 216 g/mol. The highest BCUT2D eigenvalue weighted by molar-refractivity contribution is 5.27. The monoisotopic (exact) mass is 216 g/mol. The Hall–Kier alpha value is -1.68. The van der Waals surface area contributed by atoms with E-state index in [1.807, 2.05) is 36.9 Å². The fourth-order valence-electron chi connectivity index (χ4n) is 1.67. The van der Waals surface area contributed by atoms with E-state index in [4.69, 9.17) is 5.73 Å². The van der Waals surface area contributed by atoms with Crippen molar-refractivity contribution in [2.45, 2.75) is 26.3 Å². The van der Waals surface area contributed by atoms with Gasteiger partial charge in [0.1, 0.15) is 11.6 Å². The Morgan fingerprint density at radius 2 is 2.19 bits per heavy atom. The molecular formula is C12H16N4. The number of nitrogens with zero attached hydrogens (tertiary/aromatic N) is 3. The number of hydrogen-bond acceptors (Lipinski definition) is 3. The van der Waals surface area contributed by atoms with E-state index in [0.717, 1.165) is 23.6 Å². The highest BCUT2D eigenvalue weighted by Gasteiger charge is 2.02. The Balaban J connectivity index is 2.23. The maximum atomic E-state index is 5.74. The second kappa shape index (κ2) is 4.45. The predicted molar refractivity (Wildman–Crippen MR) is 63.4 cm³/mol. The van der Waals surface area contributed by atoms with Gasteiger partial charge in [0.05, 0.1) is 0 Å². The van der Waals surface area contributed by atoms with Crippen LogP contribution in [0, 0.1) is 6.92 Å². The van der Waals surface area contributed by atoms with E-state index in [2.05, 4.69) is 16.0 Å². The molecule has 0 bridgehead atoms. The van der Waals surface area contributed by atoms with Crippen molar-refractivity contribution in [3.8, 4) is 5.82 Å². The van der Waals surface area contributed by atoms with Crippen molar-refractivity contribution in [1.29, 1.82) is 0 Å². The lowest BCUT2D eigenvalue weighted by atomic mass is 10.1. The third-order valence-electron chi connectivity index (χ3n) is 2.44. The van der Waals surface area contributed by atoms with Gasteiger partial charge >= 0.3 is 0 Å². The molecular weight excluding hydrogens is 200 g/mol. The van der Waals surface area contributed by atoms with Crippen molar-refractivity contribution in [1.82, 2.24) is 14.5 Å². The zero-order valence-corrected chi connectivity index (χ0v) is 9.59. The van der Waals surface area contributed by atoms with Gasteiger partial charge < -0.3 is 5.73 Å². The van der Waals surface area contributed by atoms with Crippen LogP contribution in [0.2, 0.25) is 0 Å². The highest BCUT2D eigenvalue weighted by atomic mass is 15.1. The first-order valence-corrected chi connectivity index (χ1v) is 5.37. The molecule has 1 atom stereocenters. The lowest BCUT2D eigenvalue weighted by Gasteiger charge is -2.07. The maximum Gasteiger partial charge on any atom is 0.137 e. The number of imidazole rings is 1. The maximum absolute atomic E-state index is 5.74. The van der Waals surface area contributed by atoms with Crippen LogP contribution in [-0.2, 0) is 6.42 Å². The molecule has 2 rings (SSSR count). The summed E-state index contributed by atoms with van der Waals surface area (Å²) < 4.78 is 1.95. The van der Waals surface area contributed by atoms with Gasteiger partial charge in [-0.05, 0) is 31.9 Å². The number of aryl methyl sites for hydroxylation is 1. The predicted octanol–water partition coefficient (Wildman–Crippen LogP) is 1.47. The van der Waals surface area contributed by atoms with Crippen molar-refractivity contribution >= 4 is 0 Å². The summed E-state index contributed by atoms with van der Waals surface area (Å²) in [7, 11) is 0. The summed E-state index contributed by atoms with van der Waals surface area (Å²) in [5.41, 5.74) is 6.90. The Bertz CT molecular complexity index is 456. The molecule has 4 heteroatoms. The standard InChI is InChI=1S/C12H16N4/c1-9(13)7-11-3-4-12(15-8-11)16-6-5-14-10(16)2/h3-6,8-9H,7,13H2,1-2H3. The molecule has 84 valence electrons. The molecule has 4 nitrogen and oxygen atoms in total. The molecule has 0 fully saturated rings. The molecule has 0 aromatic carbocycles. The summed E-state index contributed by atoms with van der Waals surface area (Å²) in [5, 5.41) is 0. The molecule has 2 N–H and O–H groups in total. The van der Waals surface area contributed by atoms with Crippen LogP contribution in [0.5, 0.6) is 0 Å². The SMILES string of the molecule is Cc1nccn1-c1ccc(CC(C)N)cn1. The van der Waals surface area contributed by atoms with Gasteiger partial charge in [-0.1, -0.05) is 6.07 Å². The average Bonchev–Trinajstić information content (AvgIpc) is 2.65. The molecule has 0 amide bonds. The van der Waals surface area contributed by atoms with E-state index < -0.39 is 0 Å². The fraction of sp³-hybridized carbons (Fsp3) is 0.333. The Labute approximate surface area is 95.1 Å². The molecule has 0 aliphatic rings. The molecule has 0 saturated carbocycles. The molecule has 0 saturated heterocycles. The summed E-state index contributed by atoms with van der Waals surface area (Å²) in [4.78, 5) is 8.57. The molecule has 16 heavy (non-hydrogen) atoms. The summed E-state index contributed by atoms with van der Waals surface area (Å²) in [6, 6.07) is 4.22. The van der Waals surface area contributed by atoms with Gasteiger partial charge in [-0.3, -0.25) is 4.57 Å². The number of aromatic nitrogens is 3. The minimum absolute atomic E-state index is 0.169. The number of nitrogens with two attached hydrogens (primary N) is 1. The smallest absolute Gasteiger partial charge is 0.137 e. The zero-order chi connectivity index (χ0) is 11.5. The van der Waals surface area contributed by atoms with Crippen LogP contribution in [0.3, 0.4) is 0 Å². The van der Waals surface area contributed by atoms with E-state index >= 15 is 0 Å². The minimum Gasteiger partial charge on any atom is -0.328 e. The van der Waals surface area contributed by atoms with E-state index in [9.17, 15) is 0 Å². The normalized spacial score (nSPS) is 12.7. The molecule has 2 heterocycles. The molecule has 0 aliphatic heterocycles. The second-order valence-electron chi connectivity index (χ2n) is 4.05. The zero-order valence-electron chi connectivity index (χ0n) is 9.59. The largest absolute Gasteiger partial charge is 0.328 e. The quantitative estimate of drug-likeness (QED) is 0.845. The van der Waals surface area contributed by atoms with Crippen molar-refractivity contribution in [3.05, 3.63) is 42.1 Å². The minimum atomic E-state index is 0.169. The van der Waals surface area contributed by atoms with Crippen LogP contribution in [0.4, 0.5) is 0 Å². The van der Waals surface area contributed by atoms with Gasteiger partial charge in [-0.25, -0.2) is 9.97 Å². The van der Waals surface area contributed by atoms with Crippen molar-refractivity contribution in [3.63, 3.8) is 0 Å². The molecule has 0 radical (unpaired) electrons. The van der Waals surface area contributed by atoms with Crippen LogP contribution in [-0.4, -0.2) is 20.6 Å². The first-order chi connectivity index (χ1) is 7.66. The summed E-state index contributed by atoms with van der Waals surface area (Å²) >= 11 is 0. The first-order valence-electron chi connectivity index (χ1n) is 5.37. The van der Waals surface area contributed by atoms with E-state index in [1.54, 1.807) is 6.20 Å². The third-order valence-corrected chi connectivity index (χ3v) is 2.44.